The molecule has 0 aromatic heterocycles. The van der Waals surface area contributed by atoms with Crippen molar-refractivity contribution in [2.75, 3.05) is 6.54 Å². The van der Waals surface area contributed by atoms with Gasteiger partial charge in [-0.2, -0.15) is 0 Å². The molecule has 1 atom stereocenters. The lowest BCUT2D eigenvalue weighted by Gasteiger charge is -2.35. The minimum absolute atomic E-state index is 0.953. The van der Waals surface area contributed by atoms with Gasteiger partial charge in [0.05, 0.1) is 0 Å². The summed E-state index contributed by atoms with van der Waals surface area (Å²) in [4.78, 5) is 2.88. The lowest BCUT2D eigenvalue weighted by molar-refractivity contribution is 0.135. The molecule has 0 N–H and O–H groups in total. The lowest BCUT2D eigenvalue weighted by Crippen LogP contribution is -2.40. The Balaban J connectivity index is 1.77. The fraction of sp³-hybridized carbons (Fsp3) is 1.00. The molecule has 0 bridgehead atoms. The van der Waals surface area contributed by atoms with E-state index in [-0.39, 0.29) is 0 Å². The maximum absolute atomic E-state index is 2.88. The van der Waals surface area contributed by atoms with Gasteiger partial charge in [0.25, 0.3) is 0 Å². The Morgan fingerprint density at radius 1 is 0.938 bits per heavy atom. The highest BCUT2D eigenvalue weighted by molar-refractivity contribution is 4.86. The van der Waals surface area contributed by atoms with Crippen molar-refractivity contribution in [3.8, 4) is 0 Å². The summed E-state index contributed by atoms with van der Waals surface area (Å²) in [7, 11) is 0. The van der Waals surface area contributed by atoms with Crippen LogP contribution in [0, 0.1) is 0 Å². The molecule has 1 unspecified atom stereocenters. The molecule has 1 nitrogen and oxygen atoms in total. The third kappa shape index (κ3) is 3.23. The van der Waals surface area contributed by atoms with Gasteiger partial charge in [-0.1, -0.05) is 45.4 Å². The van der Waals surface area contributed by atoms with Crippen LogP contribution in [0.25, 0.3) is 0 Å². The van der Waals surface area contributed by atoms with Crippen LogP contribution < -0.4 is 0 Å². The topological polar surface area (TPSA) is 3.24 Å². The van der Waals surface area contributed by atoms with Crippen LogP contribution in [0.15, 0.2) is 0 Å². The normalized spacial score (nSPS) is 28.7. The number of nitrogens with zero attached hydrogens (tertiary/aromatic N) is 1. The minimum Gasteiger partial charge on any atom is -0.297 e. The summed E-state index contributed by atoms with van der Waals surface area (Å²) in [6.07, 6.45) is 16.2. The van der Waals surface area contributed by atoms with Gasteiger partial charge in [0, 0.05) is 12.1 Å². The summed E-state index contributed by atoms with van der Waals surface area (Å²) < 4.78 is 0. The summed E-state index contributed by atoms with van der Waals surface area (Å²) >= 11 is 0. The zero-order valence-electron chi connectivity index (χ0n) is 11.1. The molecule has 1 saturated carbocycles. The Morgan fingerprint density at radius 2 is 1.75 bits per heavy atom. The van der Waals surface area contributed by atoms with Gasteiger partial charge in [-0.05, 0) is 38.6 Å². The van der Waals surface area contributed by atoms with E-state index >= 15 is 0 Å². The number of hydrogen-bond donors (Lipinski definition) is 0. The quantitative estimate of drug-likeness (QED) is 0.626. The molecule has 1 aliphatic carbocycles. The molecule has 1 aliphatic heterocycles. The molecule has 0 amide bonds. The van der Waals surface area contributed by atoms with E-state index in [1.54, 1.807) is 0 Å². The van der Waals surface area contributed by atoms with Gasteiger partial charge < -0.3 is 0 Å². The number of hydrogen-bond acceptors (Lipinski definition) is 1. The van der Waals surface area contributed by atoms with Crippen molar-refractivity contribution in [1.29, 1.82) is 0 Å². The molecule has 2 aliphatic rings. The van der Waals surface area contributed by atoms with Crippen molar-refractivity contribution in [3.63, 3.8) is 0 Å². The Bertz CT molecular complexity index is 184. The SMILES string of the molecule is CCCCCC1CCCN1C1CCCCC1. The van der Waals surface area contributed by atoms with Crippen LogP contribution in [0.1, 0.15) is 77.6 Å². The zero-order chi connectivity index (χ0) is 11.2. The van der Waals surface area contributed by atoms with E-state index in [4.69, 9.17) is 0 Å². The average molecular weight is 223 g/mol. The Morgan fingerprint density at radius 3 is 2.50 bits per heavy atom. The summed E-state index contributed by atoms with van der Waals surface area (Å²) in [6, 6.07) is 1.91. The average Bonchev–Trinajstić information content (AvgIpc) is 2.79. The third-order valence-corrected chi connectivity index (χ3v) is 4.61. The first-order valence-corrected chi connectivity index (χ1v) is 7.67. The molecule has 1 heterocycles. The van der Waals surface area contributed by atoms with Crippen LogP contribution in [0.5, 0.6) is 0 Å². The largest absolute Gasteiger partial charge is 0.297 e. The van der Waals surface area contributed by atoms with Gasteiger partial charge in [0.15, 0.2) is 0 Å². The minimum atomic E-state index is 0.953. The summed E-state index contributed by atoms with van der Waals surface area (Å²) in [5, 5.41) is 0. The predicted molar refractivity (Wildman–Crippen MR) is 70.7 cm³/mol. The first kappa shape index (κ1) is 12.4. The summed E-state index contributed by atoms with van der Waals surface area (Å²) in [5.74, 6) is 0. The highest BCUT2D eigenvalue weighted by Crippen LogP contribution is 2.31. The van der Waals surface area contributed by atoms with E-state index < -0.39 is 0 Å². The third-order valence-electron chi connectivity index (χ3n) is 4.61. The molecular weight excluding hydrogens is 194 g/mol. The second-order valence-electron chi connectivity index (χ2n) is 5.82. The van der Waals surface area contributed by atoms with Crippen molar-refractivity contribution in [3.05, 3.63) is 0 Å². The number of likely N-dealkylation sites (tertiary alicyclic amines) is 1. The van der Waals surface area contributed by atoms with E-state index in [2.05, 4.69) is 11.8 Å². The molecule has 2 rings (SSSR count). The number of unbranched alkanes of at least 4 members (excludes halogenated alkanes) is 2. The molecule has 0 spiro atoms. The second-order valence-corrected chi connectivity index (χ2v) is 5.82. The van der Waals surface area contributed by atoms with Crippen molar-refractivity contribution in [2.24, 2.45) is 0 Å². The Hall–Kier alpha value is -0.0400. The molecule has 0 radical (unpaired) electrons. The van der Waals surface area contributed by atoms with Gasteiger partial charge in [0.1, 0.15) is 0 Å². The second kappa shape index (κ2) is 6.64. The van der Waals surface area contributed by atoms with Gasteiger partial charge in [-0.25, -0.2) is 0 Å². The highest BCUT2D eigenvalue weighted by Gasteiger charge is 2.30. The van der Waals surface area contributed by atoms with E-state index in [1.807, 2.05) is 0 Å². The van der Waals surface area contributed by atoms with Crippen molar-refractivity contribution < 1.29 is 0 Å². The molecule has 0 aromatic rings. The van der Waals surface area contributed by atoms with Crippen LogP contribution >= 0.6 is 0 Å². The maximum atomic E-state index is 2.88. The molecule has 1 heteroatoms. The van der Waals surface area contributed by atoms with Crippen LogP contribution in [0.2, 0.25) is 0 Å². The van der Waals surface area contributed by atoms with Crippen LogP contribution in [-0.4, -0.2) is 23.5 Å². The summed E-state index contributed by atoms with van der Waals surface area (Å²) in [6.45, 7) is 3.72. The molecule has 16 heavy (non-hydrogen) atoms. The first-order valence-electron chi connectivity index (χ1n) is 7.67. The smallest absolute Gasteiger partial charge is 0.00986 e. The van der Waals surface area contributed by atoms with Gasteiger partial charge in [0.2, 0.25) is 0 Å². The van der Waals surface area contributed by atoms with Crippen molar-refractivity contribution in [1.82, 2.24) is 4.90 Å². The lowest BCUT2D eigenvalue weighted by atomic mass is 9.93. The van der Waals surface area contributed by atoms with E-state index in [1.165, 1.54) is 77.2 Å². The number of rotatable bonds is 5. The predicted octanol–water partition coefficient (Wildman–Crippen LogP) is 4.36. The molecule has 2 fully saturated rings. The molecule has 1 saturated heterocycles. The van der Waals surface area contributed by atoms with E-state index in [0.717, 1.165) is 12.1 Å². The van der Waals surface area contributed by atoms with Crippen LogP contribution in [0.4, 0.5) is 0 Å². The molecule has 94 valence electrons. The van der Waals surface area contributed by atoms with Crippen molar-refractivity contribution in [2.45, 2.75) is 89.6 Å². The zero-order valence-corrected chi connectivity index (χ0v) is 11.1. The van der Waals surface area contributed by atoms with Gasteiger partial charge in [-0.3, -0.25) is 4.90 Å². The fourth-order valence-electron chi connectivity index (χ4n) is 3.69. The van der Waals surface area contributed by atoms with Gasteiger partial charge in [-0.15, -0.1) is 0 Å². The molecule has 0 aromatic carbocycles. The highest BCUT2D eigenvalue weighted by atomic mass is 15.2. The Kier molecular flexibility index (Phi) is 5.15. The van der Waals surface area contributed by atoms with Gasteiger partial charge >= 0.3 is 0 Å². The fourth-order valence-corrected chi connectivity index (χ4v) is 3.69. The first-order chi connectivity index (χ1) is 7.92. The van der Waals surface area contributed by atoms with Crippen molar-refractivity contribution >= 4 is 0 Å². The molecular formula is C15H29N. The Labute approximate surface area is 102 Å². The summed E-state index contributed by atoms with van der Waals surface area (Å²) in [5.41, 5.74) is 0. The monoisotopic (exact) mass is 223 g/mol. The van der Waals surface area contributed by atoms with Crippen LogP contribution in [0.3, 0.4) is 0 Å². The van der Waals surface area contributed by atoms with E-state index in [0.29, 0.717) is 0 Å². The van der Waals surface area contributed by atoms with E-state index in [9.17, 15) is 0 Å². The standard InChI is InChI=1S/C15H29N/c1-2-3-5-9-15-12-8-13-16(15)14-10-6-4-7-11-14/h14-15H,2-13H2,1H3. The van der Waals surface area contributed by atoms with Crippen LogP contribution in [-0.2, 0) is 0 Å². The maximum Gasteiger partial charge on any atom is 0.00986 e.